The largest absolute Gasteiger partial charge is 0.335 e. The number of carbonyl (C=O) groups excluding carboxylic acids is 1. The van der Waals surface area contributed by atoms with Gasteiger partial charge in [0.2, 0.25) is 0 Å². The summed E-state index contributed by atoms with van der Waals surface area (Å²) in [5.74, 6) is -0.139. The molecule has 2 heterocycles. The number of hydrogen-bond acceptors (Lipinski definition) is 3. The van der Waals surface area contributed by atoms with Gasteiger partial charge >= 0.3 is 0 Å². The Morgan fingerprint density at radius 3 is 2.65 bits per heavy atom. The predicted molar refractivity (Wildman–Crippen MR) is 79.0 cm³/mol. The highest BCUT2D eigenvalue weighted by molar-refractivity contribution is 5.94. The second-order valence-electron chi connectivity index (χ2n) is 5.36. The molecule has 1 aliphatic rings. The number of pyridine rings is 1. The van der Waals surface area contributed by atoms with Crippen LogP contribution in [-0.4, -0.2) is 41.5 Å². The maximum absolute atomic E-state index is 12.7. The van der Waals surface area contributed by atoms with Gasteiger partial charge in [-0.2, -0.15) is 0 Å². The van der Waals surface area contributed by atoms with Gasteiger partial charge in [-0.05, 0) is 51.4 Å². The average molecular weight is 277 g/mol. The third-order valence-corrected chi connectivity index (χ3v) is 3.76. The molecule has 2 rings (SSSR count). The number of amides is 1. The monoisotopic (exact) mass is 277 g/mol. The third kappa shape index (κ3) is 3.28. The summed E-state index contributed by atoms with van der Waals surface area (Å²) in [7, 11) is 0. The van der Waals surface area contributed by atoms with Crippen LogP contribution in [0.3, 0.4) is 0 Å². The van der Waals surface area contributed by atoms with Gasteiger partial charge in [-0.3, -0.25) is 9.59 Å². The molecule has 1 amide bonds. The van der Waals surface area contributed by atoms with Crippen LogP contribution in [0.1, 0.15) is 42.2 Å². The van der Waals surface area contributed by atoms with Crippen LogP contribution in [0.2, 0.25) is 0 Å². The predicted octanol–water partition coefficient (Wildman–Crippen LogP) is 1.29. The lowest BCUT2D eigenvalue weighted by Gasteiger charge is -2.34. The fourth-order valence-electron chi connectivity index (χ4n) is 2.70. The van der Waals surface area contributed by atoms with Crippen LogP contribution in [0.5, 0.6) is 0 Å². The van der Waals surface area contributed by atoms with E-state index in [9.17, 15) is 9.59 Å². The van der Waals surface area contributed by atoms with Gasteiger partial charge in [-0.15, -0.1) is 0 Å². The molecule has 0 atom stereocenters. The van der Waals surface area contributed by atoms with Crippen LogP contribution in [0.4, 0.5) is 0 Å². The number of H-pyrrole nitrogens is 1. The van der Waals surface area contributed by atoms with Crippen molar-refractivity contribution in [3.8, 4) is 0 Å². The topological polar surface area (TPSA) is 65.2 Å². The summed E-state index contributed by atoms with van der Waals surface area (Å²) in [5, 5.41) is 3.30. The molecule has 0 aromatic carbocycles. The molecule has 0 radical (unpaired) electrons. The van der Waals surface area contributed by atoms with E-state index in [0.717, 1.165) is 38.0 Å². The minimum Gasteiger partial charge on any atom is -0.335 e. The fourth-order valence-corrected chi connectivity index (χ4v) is 2.70. The second-order valence-corrected chi connectivity index (χ2v) is 5.36. The molecule has 1 saturated heterocycles. The van der Waals surface area contributed by atoms with E-state index in [0.29, 0.717) is 6.54 Å². The maximum Gasteiger partial charge on any atom is 0.260 e. The first-order valence-corrected chi connectivity index (χ1v) is 7.35. The Kier molecular flexibility index (Phi) is 4.95. The van der Waals surface area contributed by atoms with Gasteiger partial charge in [0.1, 0.15) is 5.56 Å². The van der Waals surface area contributed by atoms with Gasteiger partial charge in [-0.1, -0.05) is 6.92 Å². The highest BCUT2D eigenvalue weighted by Crippen LogP contribution is 2.15. The quantitative estimate of drug-likeness (QED) is 0.871. The van der Waals surface area contributed by atoms with Crippen LogP contribution in [-0.2, 0) is 0 Å². The summed E-state index contributed by atoms with van der Waals surface area (Å²) in [6.45, 7) is 6.44. The molecule has 0 unspecified atom stereocenters. The Morgan fingerprint density at radius 2 is 2.05 bits per heavy atom. The summed E-state index contributed by atoms with van der Waals surface area (Å²) in [5.41, 5.74) is 0.739. The molecule has 2 N–H and O–H groups in total. The number of rotatable bonds is 4. The van der Waals surface area contributed by atoms with Crippen molar-refractivity contribution in [2.75, 3.05) is 19.6 Å². The normalized spacial score (nSPS) is 16.1. The highest BCUT2D eigenvalue weighted by Gasteiger charge is 2.26. The Hall–Kier alpha value is -1.62. The lowest BCUT2D eigenvalue weighted by molar-refractivity contribution is 0.0641. The van der Waals surface area contributed by atoms with E-state index in [1.807, 2.05) is 11.8 Å². The zero-order valence-electron chi connectivity index (χ0n) is 12.2. The van der Waals surface area contributed by atoms with Gasteiger partial charge in [0.15, 0.2) is 0 Å². The van der Waals surface area contributed by atoms with Crippen LogP contribution in [0.15, 0.2) is 16.9 Å². The van der Waals surface area contributed by atoms with Crippen molar-refractivity contribution < 1.29 is 4.79 Å². The molecule has 1 aromatic heterocycles. The van der Waals surface area contributed by atoms with E-state index < -0.39 is 0 Å². The summed E-state index contributed by atoms with van der Waals surface area (Å²) < 4.78 is 0. The van der Waals surface area contributed by atoms with Gasteiger partial charge in [0.05, 0.1) is 0 Å². The van der Waals surface area contributed by atoms with Gasteiger partial charge in [0, 0.05) is 18.3 Å². The first-order valence-electron chi connectivity index (χ1n) is 7.35. The second kappa shape index (κ2) is 6.70. The van der Waals surface area contributed by atoms with E-state index in [4.69, 9.17) is 0 Å². The van der Waals surface area contributed by atoms with Crippen LogP contribution >= 0.6 is 0 Å². The van der Waals surface area contributed by atoms with E-state index in [-0.39, 0.29) is 23.1 Å². The highest BCUT2D eigenvalue weighted by atomic mass is 16.2. The summed E-state index contributed by atoms with van der Waals surface area (Å²) in [4.78, 5) is 29.2. The molecule has 5 nitrogen and oxygen atoms in total. The number of aromatic amines is 1. The maximum atomic E-state index is 12.7. The van der Waals surface area contributed by atoms with Crippen molar-refractivity contribution in [3.05, 3.63) is 33.7 Å². The van der Waals surface area contributed by atoms with Crippen molar-refractivity contribution in [1.29, 1.82) is 0 Å². The Bertz CT molecular complexity index is 518. The van der Waals surface area contributed by atoms with Crippen LogP contribution < -0.4 is 10.9 Å². The van der Waals surface area contributed by atoms with E-state index >= 15 is 0 Å². The fraction of sp³-hybridized carbons (Fsp3) is 0.600. The number of aryl methyl sites for hydroxylation is 1. The molecule has 0 bridgehead atoms. The third-order valence-electron chi connectivity index (χ3n) is 3.76. The summed E-state index contributed by atoms with van der Waals surface area (Å²) >= 11 is 0. The standard InChI is InChI=1S/C15H23N3O2/c1-3-10-18(12-6-8-16-9-7-12)15(20)13-5-4-11(2)17-14(13)19/h4-5,12,16H,3,6-10H2,1-2H3,(H,17,19). The summed E-state index contributed by atoms with van der Waals surface area (Å²) in [6.07, 6.45) is 2.81. The number of nitrogens with zero attached hydrogens (tertiary/aromatic N) is 1. The van der Waals surface area contributed by atoms with E-state index in [1.165, 1.54) is 0 Å². The van der Waals surface area contributed by atoms with Crippen molar-refractivity contribution in [1.82, 2.24) is 15.2 Å². The van der Waals surface area contributed by atoms with Crippen molar-refractivity contribution in [2.24, 2.45) is 0 Å². The minimum absolute atomic E-state index is 0.139. The van der Waals surface area contributed by atoms with Gasteiger partial charge < -0.3 is 15.2 Å². The summed E-state index contributed by atoms with van der Waals surface area (Å²) in [6, 6.07) is 3.66. The molecular formula is C15H23N3O2. The lowest BCUT2D eigenvalue weighted by atomic mass is 10.0. The first kappa shape index (κ1) is 14.8. The Balaban J connectivity index is 2.23. The Labute approximate surface area is 119 Å². The van der Waals surface area contributed by atoms with Crippen molar-refractivity contribution in [3.63, 3.8) is 0 Å². The van der Waals surface area contributed by atoms with Crippen LogP contribution in [0.25, 0.3) is 0 Å². The molecule has 110 valence electrons. The number of hydrogen-bond donors (Lipinski definition) is 2. The molecular weight excluding hydrogens is 254 g/mol. The lowest BCUT2D eigenvalue weighted by Crippen LogP contribution is -2.47. The van der Waals surface area contributed by atoms with Gasteiger partial charge in [-0.25, -0.2) is 0 Å². The molecule has 0 spiro atoms. The number of nitrogens with one attached hydrogen (secondary N) is 2. The van der Waals surface area contributed by atoms with E-state index in [2.05, 4.69) is 17.2 Å². The molecule has 1 fully saturated rings. The van der Waals surface area contributed by atoms with Crippen molar-refractivity contribution in [2.45, 2.75) is 39.2 Å². The minimum atomic E-state index is -0.287. The number of piperidine rings is 1. The molecule has 20 heavy (non-hydrogen) atoms. The average Bonchev–Trinajstić information content (AvgIpc) is 2.45. The molecule has 5 heteroatoms. The molecule has 1 aliphatic heterocycles. The SMILES string of the molecule is CCCN(C(=O)c1ccc(C)[nH]c1=O)C1CCNCC1. The number of aromatic nitrogens is 1. The first-order chi connectivity index (χ1) is 9.63. The zero-order valence-corrected chi connectivity index (χ0v) is 12.2. The molecule has 0 saturated carbocycles. The van der Waals surface area contributed by atoms with E-state index in [1.54, 1.807) is 12.1 Å². The van der Waals surface area contributed by atoms with Crippen molar-refractivity contribution >= 4 is 5.91 Å². The van der Waals surface area contributed by atoms with Gasteiger partial charge in [0.25, 0.3) is 11.5 Å². The Morgan fingerprint density at radius 1 is 1.35 bits per heavy atom. The van der Waals surface area contributed by atoms with Crippen LogP contribution in [0, 0.1) is 6.92 Å². The zero-order chi connectivity index (χ0) is 14.5. The molecule has 0 aliphatic carbocycles. The molecule has 1 aromatic rings. The smallest absolute Gasteiger partial charge is 0.260 e. The number of carbonyl (C=O) groups is 1.